The van der Waals surface area contributed by atoms with Crippen molar-refractivity contribution < 1.29 is 32.2 Å². The third-order valence-electron chi connectivity index (χ3n) is 4.99. The minimum atomic E-state index is -4.65. The lowest BCUT2D eigenvalue weighted by Crippen LogP contribution is -2.13. The molecule has 192 valence electrons. The predicted octanol–water partition coefficient (Wildman–Crippen LogP) is 7.77. The minimum Gasteiger partial charge on any atom is -0.457 e. The number of methoxy groups -OCH3 is 1. The number of halogens is 4. The average molecular weight is 532 g/mol. The van der Waals surface area contributed by atoms with E-state index in [1.165, 1.54) is 25.4 Å². The van der Waals surface area contributed by atoms with Gasteiger partial charge in [0.25, 0.3) is 5.91 Å². The van der Waals surface area contributed by atoms with Gasteiger partial charge in [-0.05, 0) is 59.3 Å². The van der Waals surface area contributed by atoms with Gasteiger partial charge in [0.15, 0.2) is 0 Å². The number of carbonyl (C=O) groups is 2. The number of hydrogen-bond acceptors (Lipinski definition) is 5. The monoisotopic (exact) mass is 531 g/mol. The Kier molecular flexibility index (Phi) is 8.24. The molecule has 7 nitrogen and oxygen atoms in total. The number of anilines is 2. The Morgan fingerprint density at radius 3 is 2.35 bits per heavy atom. The fourth-order valence-corrected chi connectivity index (χ4v) is 3.51. The van der Waals surface area contributed by atoms with Gasteiger partial charge >= 0.3 is 12.3 Å². The fraction of sp³-hybridized carbons (Fsp3) is 0.115. The van der Waals surface area contributed by atoms with Crippen LogP contribution >= 0.6 is 11.6 Å². The third kappa shape index (κ3) is 6.68. The highest BCUT2D eigenvalue weighted by Gasteiger charge is 2.33. The van der Waals surface area contributed by atoms with Gasteiger partial charge in [-0.15, -0.1) is 0 Å². The zero-order valence-electron chi connectivity index (χ0n) is 18.5. The summed E-state index contributed by atoms with van der Waals surface area (Å²) in [7, 11) is 1.23. The molecular weight excluding hydrogens is 511 g/mol. The highest BCUT2D eigenvalue weighted by molar-refractivity contribution is 6.31. The van der Waals surface area contributed by atoms with E-state index in [4.69, 9.17) is 16.3 Å². The average Bonchev–Trinajstić information content (AvgIpc) is 2.84. The number of pyridine rings is 1. The molecule has 3 aromatic carbocycles. The first-order chi connectivity index (χ1) is 17.1. The molecule has 0 saturated heterocycles. The van der Waals surface area contributed by atoms with Crippen LogP contribution in [0.3, 0.4) is 0 Å². The number of alkyl halides is 3. The van der Waals surface area contributed by atoms with Crippen molar-refractivity contribution in [2.24, 2.45) is 0 Å². The molecule has 4 aromatic rings. The summed E-state index contributed by atoms with van der Waals surface area (Å²) >= 11 is 5.64. The van der Waals surface area contributed by atoms with Gasteiger partial charge in [0.2, 0.25) is 0 Å². The number of benzene rings is 3. The second-order valence-electron chi connectivity index (χ2n) is 7.47. The molecule has 4 rings (SSSR count). The van der Waals surface area contributed by atoms with Crippen molar-refractivity contribution in [3.05, 3.63) is 89.1 Å². The first-order valence-electron chi connectivity index (χ1n) is 10.3. The minimum absolute atomic E-state index is 0. The molecule has 0 unspecified atom stereocenters. The number of rotatable bonds is 5. The molecule has 0 aliphatic carbocycles. The van der Waals surface area contributed by atoms with Gasteiger partial charge in [-0.25, -0.2) is 9.78 Å². The molecule has 11 heteroatoms. The van der Waals surface area contributed by atoms with Crippen LogP contribution < -0.4 is 15.4 Å². The predicted molar refractivity (Wildman–Crippen MR) is 135 cm³/mol. The van der Waals surface area contributed by atoms with Crippen molar-refractivity contribution in [3.63, 3.8) is 0 Å². The van der Waals surface area contributed by atoms with E-state index in [9.17, 15) is 22.8 Å². The van der Waals surface area contributed by atoms with Crippen molar-refractivity contribution in [1.29, 1.82) is 0 Å². The second kappa shape index (κ2) is 11.2. The lowest BCUT2D eigenvalue weighted by molar-refractivity contribution is -0.137. The summed E-state index contributed by atoms with van der Waals surface area (Å²) < 4.78 is 49.7. The Morgan fingerprint density at radius 1 is 0.892 bits per heavy atom. The van der Waals surface area contributed by atoms with Crippen LogP contribution in [-0.2, 0) is 10.9 Å². The van der Waals surface area contributed by atoms with E-state index < -0.39 is 28.8 Å². The maximum absolute atomic E-state index is 13.1. The Morgan fingerprint density at radius 2 is 1.62 bits per heavy atom. The molecule has 2 N–H and O–H groups in total. The maximum Gasteiger partial charge on any atom is 0.417 e. The standard InChI is InChI=1S/C25H17ClF3N3O4.CH4/c1-35-24(34)32-22-13-19(8-9-30-22)36-18-6-4-14-2-3-15(10-16(14)11-18)23(33)31-17-5-7-21(26)20(12-17)25(27,28)29;/h2-13H,1H3,(H,31,33)(H,30,32,34);1H4. The first-order valence-corrected chi connectivity index (χ1v) is 10.7. The van der Waals surface area contributed by atoms with Gasteiger partial charge in [0.05, 0.1) is 17.7 Å². The molecule has 0 bridgehead atoms. The summed E-state index contributed by atoms with van der Waals surface area (Å²) in [6, 6.07) is 16.3. The highest BCUT2D eigenvalue weighted by Crippen LogP contribution is 2.36. The van der Waals surface area contributed by atoms with E-state index in [0.717, 1.165) is 17.5 Å². The van der Waals surface area contributed by atoms with Gasteiger partial charge < -0.3 is 14.8 Å². The Hall–Kier alpha value is -4.31. The molecule has 0 fully saturated rings. The van der Waals surface area contributed by atoms with Crippen molar-refractivity contribution in [1.82, 2.24) is 4.98 Å². The van der Waals surface area contributed by atoms with Crippen LogP contribution in [0.4, 0.5) is 29.5 Å². The lowest BCUT2D eigenvalue weighted by Gasteiger charge is -2.12. The normalized spacial score (nSPS) is 10.8. The number of nitrogens with one attached hydrogen (secondary N) is 2. The molecule has 0 aliphatic heterocycles. The molecular formula is C26H21ClF3N3O4. The largest absolute Gasteiger partial charge is 0.457 e. The SMILES string of the molecule is C.COC(=O)Nc1cc(Oc2ccc3ccc(C(=O)Nc4ccc(Cl)c(C(F)(F)F)c4)cc3c2)ccn1. The highest BCUT2D eigenvalue weighted by atomic mass is 35.5. The van der Waals surface area contributed by atoms with E-state index in [1.54, 1.807) is 42.5 Å². The summed E-state index contributed by atoms with van der Waals surface area (Å²) in [4.78, 5) is 28.1. The van der Waals surface area contributed by atoms with Gasteiger partial charge in [0.1, 0.15) is 17.3 Å². The Bertz CT molecular complexity index is 1460. The molecule has 1 heterocycles. The topological polar surface area (TPSA) is 89.5 Å². The van der Waals surface area contributed by atoms with Gasteiger partial charge in [-0.3, -0.25) is 10.1 Å². The number of carbonyl (C=O) groups excluding carboxylic acids is 2. The Labute approximate surface area is 215 Å². The molecule has 0 atom stereocenters. The van der Waals surface area contributed by atoms with Crippen LogP contribution in [0.15, 0.2) is 72.9 Å². The van der Waals surface area contributed by atoms with Crippen LogP contribution in [0, 0.1) is 0 Å². The summed E-state index contributed by atoms with van der Waals surface area (Å²) in [6.07, 6.45) is -3.88. The van der Waals surface area contributed by atoms with Crippen LogP contribution in [0.25, 0.3) is 10.8 Å². The lowest BCUT2D eigenvalue weighted by atomic mass is 10.1. The summed E-state index contributed by atoms with van der Waals surface area (Å²) in [5.41, 5.74) is -0.845. The summed E-state index contributed by atoms with van der Waals surface area (Å²) in [6.45, 7) is 0. The Balaban J connectivity index is 0.00000380. The number of nitrogens with zero attached hydrogens (tertiary/aromatic N) is 1. The number of hydrogen-bond donors (Lipinski definition) is 2. The van der Waals surface area contributed by atoms with Crippen molar-refractivity contribution in [2.45, 2.75) is 13.6 Å². The van der Waals surface area contributed by atoms with E-state index >= 15 is 0 Å². The molecule has 0 aliphatic rings. The van der Waals surface area contributed by atoms with E-state index in [2.05, 4.69) is 20.4 Å². The van der Waals surface area contributed by atoms with E-state index in [1.807, 2.05) is 0 Å². The van der Waals surface area contributed by atoms with Gasteiger partial charge in [0, 0.05) is 23.5 Å². The van der Waals surface area contributed by atoms with Gasteiger partial charge in [-0.2, -0.15) is 13.2 Å². The number of amides is 2. The molecule has 2 amide bonds. The van der Waals surface area contributed by atoms with Crippen LogP contribution in [-0.4, -0.2) is 24.1 Å². The summed E-state index contributed by atoms with van der Waals surface area (Å²) in [5.74, 6) is 0.483. The maximum atomic E-state index is 13.1. The number of aromatic nitrogens is 1. The number of ether oxygens (including phenoxy) is 2. The molecule has 0 radical (unpaired) electrons. The quantitative estimate of drug-likeness (QED) is 0.274. The van der Waals surface area contributed by atoms with Crippen molar-refractivity contribution >= 4 is 45.9 Å². The van der Waals surface area contributed by atoms with Crippen molar-refractivity contribution in [2.75, 3.05) is 17.7 Å². The molecule has 0 saturated carbocycles. The number of fused-ring (bicyclic) bond motifs is 1. The smallest absolute Gasteiger partial charge is 0.417 e. The van der Waals surface area contributed by atoms with Gasteiger partial charge in [-0.1, -0.05) is 31.2 Å². The second-order valence-corrected chi connectivity index (χ2v) is 7.87. The fourth-order valence-electron chi connectivity index (χ4n) is 3.29. The van der Waals surface area contributed by atoms with Crippen LogP contribution in [0.5, 0.6) is 11.5 Å². The zero-order chi connectivity index (χ0) is 25.9. The molecule has 0 spiro atoms. The first kappa shape index (κ1) is 27.3. The summed E-state index contributed by atoms with van der Waals surface area (Å²) in [5, 5.41) is 5.92. The van der Waals surface area contributed by atoms with E-state index in [-0.39, 0.29) is 24.5 Å². The van der Waals surface area contributed by atoms with Crippen molar-refractivity contribution in [3.8, 4) is 11.5 Å². The molecule has 37 heavy (non-hydrogen) atoms. The zero-order valence-corrected chi connectivity index (χ0v) is 19.3. The van der Waals surface area contributed by atoms with E-state index in [0.29, 0.717) is 16.9 Å². The third-order valence-corrected chi connectivity index (χ3v) is 5.32. The van der Waals surface area contributed by atoms with Crippen LogP contribution in [0.1, 0.15) is 23.3 Å². The molecule has 1 aromatic heterocycles. The van der Waals surface area contributed by atoms with Crippen LogP contribution in [0.2, 0.25) is 5.02 Å².